The zero-order valence-corrected chi connectivity index (χ0v) is 14.5. The Labute approximate surface area is 133 Å². The highest BCUT2D eigenvalue weighted by atomic mass is 32.2. The average Bonchev–Trinajstić information content (AvgIpc) is 2.51. The molecular formula is C17H27N3S. The second-order valence-electron chi connectivity index (χ2n) is 5.21. The van der Waals surface area contributed by atoms with E-state index in [1.807, 2.05) is 24.5 Å². The van der Waals surface area contributed by atoms with E-state index in [0.717, 1.165) is 42.2 Å². The molecule has 1 unspecified atom stereocenters. The lowest BCUT2D eigenvalue weighted by molar-refractivity contribution is 0.295. The first-order chi connectivity index (χ1) is 10.2. The summed E-state index contributed by atoms with van der Waals surface area (Å²) in [6.07, 6.45) is 4.30. The van der Waals surface area contributed by atoms with Crippen molar-refractivity contribution in [3.05, 3.63) is 23.8 Å². The van der Waals surface area contributed by atoms with E-state index >= 15 is 0 Å². The van der Waals surface area contributed by atoms with Gasteiger partial charge in [0, 0.05) is 10.9 Å². The number of thioether (sulfide) groups is 1. The fraction of sp³-hybridized carbons (Fsp3) is 0.588. The minimum absolute atomic E-state index is 0.379. The van der Waals surface area contributed by atoms with Crippen LogP contribution in [0.15, 0.2) is 23.1 Å². The van der Waals surface area contributed by atoms with Crippen molar-refractivity contribution in [1.29, 1.82) is 5.26 Å². The van der Waals surface area contributed by atoms with Crippen LogP contribution >= 0.6 is 11.8 Å². The van der Waals surface area contributed by atoms with Crippen LogP contribution in [-0.4, -0.2) is 36.8 Å². The Bertz CT molecular complexity index is 464. The van der Waals surface area contributed by atoms with E-state index in [9.17, 15) is 5.26 Å². The van der Waals surface area contributed by atoms with Gasteiger partial charge in [-0.15, -0.1) is 11.8 Å². The number of benzene rings is 1. The monoisotopic (exact) mass is 305 g/mol. The second kappa shape index (κ2) is 9.70. The van der Waals surface area contributed by atoms with Crippen molar-refractivity contribution in [3.63, 3.8) is 0 Å². The molecule has 0 fully saturated rings. The molecule has 0 aromatic heterocycles. The molecule has 0 aliphatic rings. The topological polar surface area (TPSA) is 39.1 Å². The maximum Gasteiger partial charge on any atom is 0.102 e. The molecule has 0 saturated heterocycles. The third kappa shape index (κ3) is 5.61. The number of anilines is 1. The molecule has 0 spiro atoms. The Morgan fingerprint density at radius 2 is 2.05 bits per heavy atom. The zero-order valence-electron chi connectivity index (χ0n) is 13.6. The van der Waals surface area contributed by atoms with Gasteiger partial charge in [0.25, 0.3) is 0 Å². The summed E-state index contributed by atoms with van der Waals surface area (Å²) in [4.78, 5) is 3.49. The molecule has 21 heavy (non-hydrogen) atoms. The maximum absolute atomic E-state index is 9.35. The van der Waals surface area contributed by atoms with Crippen LogP contribution in [0.4, 0.5) is 5.69 Å². The minimum Gasteiger partial charge on any atom is -0.381 e. The first-order valence-electron chi connectivity index (χ1n) is 7.72. The van der Waals surface area contributed by atoms with Crippen LogP contribution in [0.1, 0.15) is 39.2 Å². The average molecular weight is 305 g/mol. The van der Waals surface area contributed by atoms with Gasteiger partial charge in [0.15, 0.2) is 0 Å². The van der Waals surface area contributed by atoms with Gasteiger partial charge >= 0.3 is 0 Å². The summed E-state index contributed by atoms with van der Waals surface area (Å²) >= 11 is 1.62. The third-order valence-electron chi connectivity index (χ3n) is 3.77. The van der Waals surface area contributed by atoms with Crippen molar-refractivity contribution >= 4 is 17.4 Å². The maximum atomic E-state index is 9.35. The molecule has 1 aromatic rings. The van der Waals surface area contributed by atoms with Gasteiger partial charge in [0.05, 0.1) is 11.3 Å². The normalized spacial score (nSPS) is 12.2. The predicted molar refractivity (Wildman–Crippen MR) is 93.0 cm³/mol. The quantitative estimate of drug-likeness (QED) is 0.694. The molecule has 1 atom stereocenters. The number of nitrogens with zero attached hydrogens (tertiary/aromatic N) is 2. The van der Waals surface area contributed by atoms with Crippen molar-refractivity contribution in [2.45, 2.75) is 44.6 Å². The molecule has 1 rings (SSSR count). The van der Waals surface area contributed by atoms with Crippen molar-refractivity contribution in [2.75, 3.05) is 31.2 Å². The molecule has 3 nitrogen and oxygen atoms in total. The summed E-state index contributed by atoms with van der Waals surface area (Å²) in [7, 11) is 0. The van der Waals surface area contributed by atoms with Crippen molar-refractivity contribution < 1.29 is 0 Å². The Balaban J connectivity index is 2.55. The molecular weight excluding hydrogens is 278 g/mol. The van der Waals surface area contributed by atoms with Crippen molar-refractivity contribution in [1.82, 2.24) is 4.90 Å². The van der Waals surface area contributed by atoms with Crippen LogP contribution in [0.25, 0.3) is 0 Å². The fourth-order valence-electron chi connectivity index (χ4n) is 2.44. The van der Waals surface area contributed by atoms with E-state index in [1.54, 1.807) is 11.8 Å². The molecule has 0 radical (unpaired) electrons. The second-order valence-corrected chi connectivity index (χ2v) is 6.06. The lowest BCUT2D eigenvalue weighted by Crippen LogP contribution is -2.25. The van der Waals surface area contributed by atoms with Crippen LogP contribution in [0.5, 0.6) is 0 Å². The Morgan fingerprint density at radius 3 is 2.62 bits per heavy atom. The minimum atomic E-state index is 0.379. The van der Waals surface area contributed by atoms with E-state index in [4.69, 9.17) is 0 Å². The van der Waals surface area contributed by atoms with E-state index in [0.29, 0.717) is 6.04 Å². The predicted octanol–water partition coefficient (Wildman–Crippen LogP) is 4.20. The van der Waals surface area contributed by atoms with Crippen LogP contribution in [0.3, 0.4) is 0 Å². The number of rotatable bonds is 9. The molecule has 0 heterocycles. The Hall–Kier alpha value is -1.18. The van der Waals surface area contributed by atoms with E-state index in [1.165, 1.54) is 6.42 Å². The molecule has 1 N–H and O–H groups in total. The SMILES string of the molecule is CCN(CC)CCCC(C)Nc1cccc(SC)c1C#N. The largest absolute Gasteiger partial charge is 0.381 e. The van der Waals surface area contributed by atoms with Gasteiger partial charge in [-0.05, 0) is 57.8 Å². The van der Waals surface area contributed by atoms with Gasteiger partial charge in [-0.2, -0.15) is 5.26 Å². The summed E-state index contributed by atoms with van der Waals surface area (Å²) in [6, 6.07) is 8.71. The highest BCUT2D eigenvalue weighted by Crippen LogP contribution is 2.27. The summed E-state index contributed by atoms with van der Waals surface area (Å²) < 4.78 is 0. The fourth-order valence-corrected chi connectivity index (χ4v) is 3.01. The molecule has 0 aliphatic heterocycles. The Morgan fingerprint density at radius 1 is 1.33 bits per heavy atom. The van der Waals surface area contributed by atoms with Gasteiger partial charge in [-0.1, -0.05) is 19.9 Å². The van der Waals surface area contributed by atoms with Gasteiger partial charge in [0.2, 0.25) is 0 Å². The number of hydrogen-bond acceptors (Lipinski definition) is 4. The Kier molecular flexibility index (Phi) is 8.26. The van der Waals surface area contributed by atoms with E-state index in [-0.39, 0.29) is 0 Å². The molecule has 0 bridgehead atoms. The summed E-state index contributed by atoms with van der Waals surface area (Å²) in [5.74, 6) is 0. The van der Waals surface area contributed by atoms with Crippen molar-refractivity contribution in [3.8, 4) is 6.07 Å². The number of nitriles is 1. The number of hydrogen-bond donors (Lipinski definition) is 1. The molecule has 1 aromatic carbocycles. The lowest BCUT2D eigenvalue weighted by Gasteiger charge is -2.21. The molecule has 0 saturated carbocycles. The van der Waals surface area contributed by atoms with Gasteiger partial charge < -0.3 is 10.2 Å². The van der Waals surface area contributed by atoms with E-state index < -0.39 is 0 Å². The highest BCUT2D eigenvalue weighted by molar-refractivity contribution is 7.98. The van der Waals surface area contributed by atoms with Gasteiger partial charge in [0.1, 0.15) is 6.07 Å². The molecule has 0 aliphatic carbocycles. The van der Waals surface area contributed by atoms with Crippen LogP contribution in [0.2, 0.25) is 0 Å². The lowest BCUT2D eigenvalue weighted by atomic mass is 10.1. The summed E-state index contributed by atoms with van der Waals surface area (Å²) in [6.45, 7) is 9.99. The van der Waals surface area contributed by atoms with Gasteiger partial charge in [-0.3, -0.25) is 0 Å². The number of nitrogens with one attached hydrogen (secondary N) is 1. The first kappa shape index (κ1) is 17.9. The zero-order chi connectivity index (χ0) is 15.7. The van der Waals surface area contributed by atoms with Crippen LogP contribution in [-0.2, 0) is 0 Å². The summed E-state index contributed by atoms with van der Waals surface area (Å²) in [5.41, 5.74) is 1.72. The van der Waals surface area contributed by atoms with E-state index in [2.05, 4.69) is 37.1 Å². The third-order valence-corrected chi connectivity index (χ3v) is 4.55. The smallest absolute Gasteiger partial charge is 0.102 e. The van der Waals surface area contributed by atoms with Crippen LogP contribution in [0, 0.1) is 11.3 Å². The molecule has 116 valence electrons. The summed E-state index contributed by atoms with van der Waals surface area (Å²) in [5, 5.41) is 12.8. The first-order valence-corrected chi connectivity index (χ1v) is 8.94. The van der Waals surface area contributed by atoms with Gasteiger partial charge in [-0.25, -0.2) is 0 Å². The van der Waals surface area contributed by atoms with Crippen molar-refractivity contribution in [2.24, 2.45) is 0 Å². The van der Waals surface area contributed by atoms with Crippen LogP contribution < -0.4 is 5.32 Å². The highest BCUT2D eigenvalue weighted by Gasteiger charge is 2.10. The molecule has 4 heteroatoms. The molecule has 0 amide bonds. The standard InChI is InChI=1S/C17H27N3S/c1-5-20(6-2)12-8-9-14(3)19-16-10-7-11-17(21-4)15(16)13-18/h7,10-11,14,19H,5-6,8-9,12H2,1-4H3.